The minimum atomic E-state index is -4.82. The van der Waals surface area contributed by atoms with Crippen molar-refractivity contribution in [1.82, 2.24) is 4.90 Å². The van der Waals surface area contributed by atoms with Crippen molar-refractivity contribution >= 4 is 5.91 Å². The molecule has 1 aromatic carbocycles. The maximum Gasteiger partial charge on any atom is 0.419 e. The molecule has 0 aromatic heterocycles. The van der Waals surface area contributed by atoms with Gasteiger partial charge in [0.25, 0.3) is 5.91 Å². The predicted molar refractivity (Wildman–Crippen MR) is 67.3 cm³/mol. The standard InChI is InChI=1S/C14H15F4NO2/c1-2-9-8-21-7-6-19(9)13(20)10-4-3-5-11(12(10)15)14(16,17)18/h3-5,9H,2,6-8H2,1H3. The second kappa shape index (κ2) is 6.01. The van der Waals surface area contributed by atoms with Crippen molar-refractivity contribution < 1.29 is 27.1 Å². The Labute approximate surface area is 119 Å². The van der Waals surface area contributed by atoms with Gasteiger partial charge in [0.05, 0.1) is 30.4 Å². The summed E-state index contributed by atoms with van der Waals surface area (Å²) < 4.78 is 57.3. The molecule has 0 radical (unpaired) electrons. The summed E-state index contributed by atoms with van der Waals surface area (Å²) in [5.74, 6) is -2.25. The Hall–Kier alpha value is -1.63. The van der Waals surface area contributed by atoms with Crippen LogP contribution in [0, 0.1) is 5.82 Å². The lowest BCUT2D eigenvalue weighted by molar-refractivity contribution is -0.140. The van der Waals surface area contributed by atoms with Crippen LogP contribution >= 0.6 is 0 Å². The summed E-state index contributed by atoms with van der Waals surface area (Å²) in [6.07, 6.45) is -4.23. The van der Waals surface area contributed by atoms with Gasteiger partial charge in [-0.15, -0.1) is 0 Å². The van der Waals surface area contributed by atoms with E-state index in [1.165, 1.54) is 4.90 Å². The second-order valence-corrected chi connectivity index (χ2v) is 4.80. The number of halogens is 4. The molecule has 1 heterocycles. The molecule has 1 atom stereocenters. The lowest BCUT2D eigenvalue weighted by atomic mass is 10.1. The third-order valence-electron chi connectivity index (χ3n) is 3.49. The fraction of sp³-hybridized carbons (Fsp3) is 0.500. The number of nitrogens with zero attached hydrogens (tertiary/aromatic N) is 1. The van der Waals surface area contributed by atoms with Crippen molar-refractivity contribution in [1.29, 1.82) is 0 Å². The Bertz CT molecular complexity index is 530. The van der Waals surface area contributed by atoms with Crippen LogP contribution in [0.3, 0.4) is 0 Å². The molecule has 1 saturated heterocycles. The average Bonchev–Trinajstić information content (AvgIpc) is 2.45. The van der Waals surface area contributed by atoms with E-state index in [-0.39, 0.29) is 12.6 Å². The summed E-state index contributed by atoms with van der Waals surface area (Å²) in [7, 11) is 0. The van der Waals surface area contributed by atoms with Crippen molar-refractivity contribution in [3.63, 3.8) is 0 Å². The van der Waals surface area contributed by atoms with E-state index in [9.17, 15) is 22.4 Å². The quantitative estimate of drug-likeness (QED) is 0.786. The third-order valence-corrected chi connectivity index (χ3v) is 3.49. The highest BCUT2D eigenvalue weighted by molar-refractivity contribution is 5.95. The molecule has 1 aliphatic heterocycles. The van der Waals surface area contributed by atoms with Crippen LogP contribution in [0.4, 0.5) is 17.6 Å². The van der Waals surface area contributed by atoms with Crippen molar-refractivity contribution in [3.8, 4) is 0 Å². The van der Waals surface area contributed by atoms with Crippen LogP contribution in [0.1, 0.15) is 29.3 Å². The minimum absolute atomic E-state index is 0.243. The maximum absolute atomic E-state index is 14.0. The van der Waals surface area contributed by atoms with Gasteiger partial charge in [0.2, 0.25) is 0 Å². The summed E-state index contributed by atoms with van der Waals surface area (Å²) in [4.78, 5) is 13.7. The predicted octanol–water partition coefficient (Wildman–Crippen LogP) is 3.10. The molecule has 116 valence electrons. The maximum atomic E-state index is 14.0. The summed E-state index contributed by atoms with van der Waals surface area (Å²) in [6.45, 7) is 2.68. The van der Waals surface area contributed by atoms with Gasteiger partial charge in [0.15, 0.2) is 0 Å². The first-order valence-electron chi connectivity index (χ1n) is 6.60. The largest absolute Gasteiger partial charge is 0.419 e. The molecule has 2 rings (SSSR count). The van der Waals surface area contributed by atoms with Gasteiger partial charge in [0, 0.05) is 6.54 Å². The van der Waals surface area contributed by atoms with E-state index in [1.807, 2.05) is 6.92 Å². The summed E-state index contributed by atoms with van der Waals surface area (Å²) >= 11 is 0. The van der Waals surface area contributed by atoms with Gasteiger partial charge in [-0.1, -0.05) is 13.0 Å². The van der Waals surface area contributed by atoms with Crippen molar-refractivity contribution in [2.24, 2.45) is 0 Å². The number of alkyl halides is 3. The number of hydrogen-bond acceptors (Lipinski definition) is 2. The Morgan fingerprint density at radius 3 is 2.76 bits per heavy atom. The smallest absolute Gasteiger partial charge is 0.377 e. The average molecular weight is 305 g/mol. The van der Waals surface area contributed by atoms with Gasteiger partial charge >= 0.3 is 6.18 Å². The topological polar surface area (TPSA) is 29.5 Å². The number of hydrogen-bond donors (Lipinski definition) is 0. The van der Waals surface area contributed by atoms with E-state index in [4.69, 9.17) is 4.74 Å². The molecule has 0 spiro atoms. The van der Waals surface area contributed by atoms with Gasteiger partial charge in [0.1, 0.15) is 5.82 Å². The molecule has 1 aromatic rings. The number of ether oxygens (including phenoxy) is 1. The summed E-state index contributed by atoms with van der Waals surface area (Å²) in [5, 5.41) is 0. The number of amides is 1. The van der Waals surface area contributed by atoms with Crippen molar-refractivity contribution in [2.75, 3.05) is 19.8 Å². The molecule has 7 heteroatoms. The third kappa shape index (κ3) is 3.18. The first-order chi connectivity index (χ1) is 9.86. The van der Waals surface area contributed by atoms with Crippen LogP contribution in [-0.4, -0.2) is 36.6 Å². The molecule has 3 nitrogen and oxygen atoms in total. The molecule has 1 fully saturated rings. The summed E-state index contributed by atoms with van der Waals surface area (Å²) in [5.41, 5.74) is -1.97. The van der Waals surface area contributed by atoms with Crippen molar-refractivity contribution in [2.45, 2.75) is 25.6 Å². The van der Waals surface area contributed by atoms with Crippen LogP contribution in [-0.2, 0) is 10.9 Å². The normalized spacial score (nSPS) is 19.7. The van der Waals surface area contributed by atoms with Crippen LogP contribution in [0.15, 0.2) is 18.2 Å². The monoisotopic (exact) mass is 305 g/mol. The first kappa shape index (κ1) is 15.8. The van der Waals surface area contributed by atoms with E-state index in [2.05, 4.69) is 0 Å². The van der Waals surface area contributed by atoms with E-state index in [1.54, 1.807) is 0 Å². The van der Waals surface area contributed by atoms with Gasteiger partial charge in [-0.3, -0.25) is 4.79 Å². The molecule has 0 saturated carbocycles. The molecule has 0 N–H and O–H groups in total. The molecule has 1 aliphatic rings. The van der Waals surface area contributed by atoms with Crippen LogP contribution < -0.4 is 0 Å². The van der Waals surface area contributed by atoms with Crippen LogP contribution in [0.5, 0.6) is 0 Å². The molecule has 0 aliphatic carbocycles. The molecule has 1 amide bonds. The SMILES string of the molecule is CCC1COCCN1C(=O)c1cccc(C(F)(F)F)c1F. The van der Waals surface area contributed by atoms with E-state index in [0.29, 0.717) is 25.7 Å². The Morgan fingerprint density at radius 2 is 2.14 bits per heavy atom. The van der Waals surface area contributed by atoms with Gasteiger partial charge < -0.3 is 9.64 Å². The number of morpholine rings is 1. The lowest BCUT2D eigenvalue weighted by Crippen LogP contribution is -2.48. The molecular weight excluding hydrogens is 290 g/mol. The molecule has 0 bridgehead atoms. The van der Waals surface area contributed by atoms with Crippen LogP contribution in [0.2, 0.25) is 0 Å². The minimum Gasteiger partial charge on any atom is -0.377 e. The Kier molecular flexibility index (Phi) is 4.51. The highest BCUT2D eigenvalue weighted by Gasteiger charge is 2.37. The fourth-order valence-corrected chi connectivity index (χ4v) is 2.33. The van der Waals surface area contributed by atoms with Gasteiger partial charge in [-0.05, 0) is 18.6 Å². The highest BCUT2D eigenvalue weighted by atomic mass is 19.4. The lowest BCUT2D eigenvalue weighted by Gasteiger charge is -2.35. The fourth-order valence-electron chi connectivity index (χ4n) is 2.33. The highest BCUT2D eigenvalue weighted by Crippen LogP contribution is 2.33. The van der Waals surface area contributed by atoms with E-state index in [0.717, 1.165) is 12.1 Å². The Balaban J connectivity index is 2.35. The summed E-state index contributed by atoms with van der Waals surface area (Å²) in [6, 6.07) is 2.50. The first-order valence-corrected chi connectivity index (χ1v) is 6.60. The molecular formula is C14H15F4NO2. The molecule has 1 unspecified atom stereocenters. The van der Waals surface area contributed by atoms with Gasteiger partial charge in [-0.25, -0.2) is 4.39 Å². The Morgan fingerprint density at radius 1 is 1.43 bits per heavy atom. The number of rotatable bonds is 2. The number of carbonyl (C=O) groups is 1. The second-order valence-electron chi connectivity index (χ2n) is 4.80. The zero-order valence-corrected chi connectivity index (χ0v) is 11.4. The zero-order chi connectivity index (χ0) is 15.6. The van der Waals surface area contributed by atoms with E-state index < -0.39 is 29.0 Å². The number of benzene rings is 1. The zero-order valence-electron chi connectivity index (χ0n) is 11.4. The number of carbonyl (C=O) groups excluding carboxylic acids is 1. The van der Waals surface area contributed by atoms with E-state index >= 15 is 0 Å². The van der Waals surface area contributed by atoms with Gasteiger partial charge in [-0.2, -0.15) is 13.2 Å². The van der Waals surface area contributed by atoms with Crippen LogP contribution in [0.25, 0.3) is 0 Å². The molecule has 21 heavy (non-hydrogen) atoms. The van der Waals surface area contributed by atoms with Crippen molar-refractivity contribution in [3.05, 3.63) is 35.1 Å².